The fourth-order valence-corrected chi connectivity index (χ4v) is 5.53. The van der Waals surface area contributed by atoms with Gasteiger partial charge in [0.05, 0.1) is 4.90 Å². The van der Waals surface area contributed by atoms with E-state index < -0.39 is 10.0 Å². The van der Waals surface area contributed by atoms with Crippen molar-refractivity contribution in [3.8, 4) is 11.4 Å². The minimum Gasteiger partial charge on any atom is -0.339 e. The highest BCUT2D eigenvalue weighted by Gasteiger charge is 2.32. The van der Waals surface area contributed by atoms with Gasteiger partial charge in [0.15, 0.2) is 0 Å². The second kappa shape index (κ2) is 10.1. The molecule has 0 saturated carbocycles. The third-order valence-corrected chi connectivity index (χ3v) is 8.06. The molecular weight excluding hydrogens is 452 g/mol. The van der Waals surface area contributed by atoms with Crippen molar-refractivity contribution >= 4 is 21.6 Å². The van der Waals surface area contributed by atoms with Gasteiger partial charge in [0, 0.05) is 36.7 Å². The van der Waals surface area contributed by atoms with Crippen LogP contribution in [-0.4, -0.2) is 41.9 Å². The van der Waals surface area contributed by atoms with Crippen LogP contribution >= 0.6 is 0 Å². The first-order chi connectivity index (χ1) is 16.3. The minimum absolute atomic E-state index is 0.0693. The molecule has 1 aliphatic heterocycles. The lowest BCUT2D eigenvalue weighted by atomic mass is 9.97. The predicted octanol–water partition coefficient (Wildman–Crippen LogP) is 4.46. The van der Waals surface area contributed by atoms with Crippen molar-refractivity contribution in [3.05, 3.63) is 60.0 Å². The summed E-state index contributed by atoms with van der Waals surface area (Å²) in [6.07, 6.45) is 1.55. The molecule has 2 aromatic carbocycles. The number of rotatable bonds is 7. The first-order valence-corrected chi connectivity index (χ1v) is 13.1. The number of anilines is 1. The Morgan fingerprint density at radius 3 is 2.47 bits per heavy atom. The highest BCUT2D eigenvalue weighted by atomic mass is 32.2. The Balaban J connectivity index is 1.39. The maximum Gasteiger partial charge on any atom is 0.243 e. The summed E-state index contributed by atoms with van der Waals surface area (Å²) in [7, 11) is -3.70. The maximum absolute atomic E-state index is 13.2. The maximum atomic E-state index is 13.2. The largest absolute Gasteiger partial charge is 0.339 e. The van der Waals surface area contributed by atoms with E-state index in [0.29, 0.717) is 55.5 Å². The van der Waals surface area contributed by atoms with Crippen LogP contribution < -0.4 is 5.32 Å². The molecule has 0 bridgehead atoms. The number of amides is 1. The lowest BCUT2D eigenvalue weighted by molar-refractivity contribution is -0.120. The third-order valence-electron chi connectivity index (χ3n) is 6.17. The summed E-state index contributed by atoms with van der Waals surface area (Å²) in [4.78, 5) is 17.2. The Labute approximate surface area is 200 Å². The van der Waals surface area contributed by atoms with E-state index in [0.717, 1.165) is 5.69 Å². The molecule has 1 amide bonds. The molecule has 0 aliphatic carbocycles. The molecule has 8 nitrogen and oxygen atoms in total. The van der Waals surface area contributed by atoms with Gasteiger partial charge in [-0.05, 0) is 48.6 Å². The molecule has 1 aliphatic rings. The van der Waals surface area contributed by atoms with Crippen molar-refractivity contribution in [2.45, 2.75) is 50.8 Å². The van der Waals surface area contributed by atoms with Gasteiger partial charge in [0.25, 0.3) is 0 Å². The second-order valence-electron chi connectivity index (χ2n) is 8.84. The van der Waals surface area contributed by atoms with Crippen molar-refractivity contribution in [3.63, 3.8) is 0 Å². The Bertz CT molecular complexity index is 1240. The monoisotopic (exact) mass is 482 g/mol. The van der Waals surface area contributed by atoms with Crippen LogP contribution in [-0.2, 0) is 21.2 Å². The summed E-state index contributed by atoms with van der Waals surface area (Å²) in [5, 5.41) is 6.90. The summed E-state index contributed by atoms with van der Waals surface area (Å²) < 4.78 is 33.1. The Kier molecular flexibility index (Phi) is 7.13. The van der Waals surface area contributed by atoms with E-state index in [1.165, 1.54) is 9.87 Å². The second-order valence-corrected chi connectivity index (χ2v) is 10.8. The van der Waals surface area contributed by atoms with Crippen LogP contribution in [0.5, 0.6) is 0 Å². The molecule has 0 radical (unpaired) electrons. The predicted molar refractivity (Wildman–Crippen MR) is 130 cm³/mol. The summed E-state index contributed by atoms with van der Waals surface area (Å²) >= 11 is 0. The highest BCUT2D eigenvalue weighted by molar-refractivity contribution is 7.89. The van der Waals surface area contributed by atoms with Crippen molar-refractivity contribution < 1.29 is 17.7 Å². The number of benzene rings is 2. The number of nitrogens with one attached hydrogen (secondary N) is 1. The Morgan fingerprint density at radius 2 is 1.85 bits per heavy atom. The van der Waals surface area contributed by atoms with Gasteiger partial charge in [-0.1, -0.05) is 50.2 Å². The summed E-state index contributed by atoms with van der Waals surface area (Å²) in [5.41, 5.74) is 2.56. The van der Waals surface area contributed by atoms with Crippen LogP contribution in [0.1, 0.15) is 51.0 Å². The number of piperidine rings is 1. The number of carbonyl (C=O) groups is 1. The first-order valence-electron chi connectivity index (χ1n) is 11.6. The molecule has 180 valence electrons. The molecule has 1 fully saturated rings. The van der Waals surface area contributed by atoms with E-state index in [1.54, 1.807) is 24.3 Å². The van der Waals surface area contributed by atoms with Crippen LogP contribution in [0.2, 0.25) is 0 Å². The quantitative estimate of drug-likeness (QED) is 0.533. The number of aromatic nitrogens is 2. The molecule has 1 N–H and O–H groups in total. The summed E-state index contributed by atoms with van der Waals surface area (Å²) in [5.74, 6) is 0.998. The molecule has 2 heterocycles. The van der Waals surface area contributed by atoms with Gasteiger partial charge in [-0.2, -0.15) is 9.29 Å². The first kappa shape index (κ1) is 24.1. The Morgan fingerprint density at radius 1 is 1.15 bits per heavy atom. The van der Waals surface area contributed by atoms with Gasteiger partial charge in [-0.15, -0.1) is 0 Å². The molecule has 1 saturated heterocycles. The van der Waals surface area contributed by atoms with E-state index in [-0.39, 0.29) is 16.7 Å². The zero-order chi connectivity index (χ0) is 24.3. The average molecular weight is 483 g/mol. The van der Waals surface area contributed by atoms with Crippen LogP contribution in [0.25, 0.3) is 11.4 Å². The van der Waals surface area contributed by atoms with E-state index in [9.17, 15) is 13.2 Å². The van der Waals surface area contributed by atoms with Crippen molar-refractivity contribution in [1.82, 2.24) is 14.4 Å². The lowest BCUT2D eigenvalue weighted by Gasteiger charge is -2.30. The molecule has 0 unspecified atom stereocenters. The highest BCUT2D eigenvalue weighted by Crippen LogP contribution is 2.27. The normalized spacial score (nSPS) is 15.5. The van der Waals surface area contributed by atoms with E-state index >= 15 is 0 Å². The number of hydrogen-bond acceptors (Lipinski definition) is 6. The number of aryl methyl sites for hydroxylation is 1. The molecule has 3 aromatic rings. The number of sulfonamides is 1. The summed E-state index contributed by atoms with van der Waals surface area (Å²) in [6.45, 7) is 6.74. The van der Waals surface area contributed by atoms with Gasteiger partial charge in [-0.25, -0.2) is 8.42 Å². The van der Waals surface area contributed by atoms with Crippen LogP contribution in [0.3, 0.4) is 0 Å². The topological polar surface area (TPSA) is 105 Å². The fraction of sp³-hybridized carbons (Fsp3) is 0.400. The SMILES string of the molecule is CCc1nc(-c2cccc(S(=O)(=O)N3CCC(C(=O)Nc4ccc(C(C)C)cc4)CC3)c2)no1. The third kappa shape index (κ3) is 5.20. The lowest BCUT2D eigenvalue weighted by Crippen LogP contribution is -2.41. The molecule has 0 atom stereocenters. The molecule has 1 aromatic heterocycles. The van der Waals surface area contributed by atoms with Crippen molar-refractivity contribution in [1.29, 1.82) is 0 Å². The molecule has 9 heteroatoms. The van der Waals surface area contributed by atoms with Crippen LogP contribution in [0, 0.1) is 5.92 Å². The van der Waals surface area contributed by atoms with Gasteiger partial charge < -0.3 is 9.84 Å². The minimum atomic E-state index is -3.70. The van der Waals surface area contributed by atoms with Crippen molar-refractivity contribution in [2.24, 2.45) is 5.92 Å². The zero-order valence-electron chi connectivity index (χ0n) is 19.7. The molecule has 0 spiro atoms. The van der Waals surface area contributed by atoms with Crippen LogP contribution in [0.4, 0.5) is 5.69 Å². The van der Waals surface area contributed by atoms with Crippen molar-refractivity contribution in [2.75, 3.05) is 18.4 Å². The number of carbonyl (C=O) groups excluding carboxylic acids is 1. The fourth-order valence-electron chi connectivity index (χ4n) is 4.01. The smallest absolute Gasteiger partial charge is 0.243 e. The van der Waals surface area contributed by atoms with E-state index in [1.807, 2.05) is 31.2 Å². The van der Waals surface area contributed by atoms with E-state index in [4.69, 9.17) is 4.52 Å². The number of nitrogens with zero attached hydrogens (tertiary/aromatic N) is 3. The van der Waals surface area contributed by atoms with Gasteiger partial charge >= 0.3 is 0 Å². The zero-order valence-corrected chi connectivity index (χ0v) is 20.5. The number of hydrogen-bond donors (Lipinski definition) is 1. The van der Waals surface area contributed by atoms with E-state index in [2.05, 4.69) is 29.3 Å². The Hall–Kier alpha value is -3.04. The van der Waals surface area contributed by atoms with Gasteiger partial charge in [0.1, 0.15) is 0 Å². The molecule has 34 heavy (non-hydrogen) atoms. The van der Waals surface area contributed by atoms with Crippen LogP contribution in [0.15, 0.2) is 57.9 Å². The standard InChI is InChI=1S/C25H30N4O4S/c1-4-23-27-24(28-33-23)20-6-5-7-22(16-20)34(31,32)29-14-12-19(13-15-29)25(30)26-21-10-8-18(9-11-21)17(2)3/h5-11,16-17,19H,4,12-15H2,1-3H3,(H,26,30). The average Bonchev–Trinajstić information content (AvgIpc) is 3.34. The molecule has 4 rings (SSSR count). The van der Waals surface area contributed by atoms with Gasteiger partial charge in [-0.3, -0.25) is 4.79 Å². The van der Waals surface area contributed by atoms with Gasteiger partial charge in [0.2, 0.25) is 27.6 Å². The summed E-state index contributed by atoms with van der Waals surface area (Å²) in [6, 6.07) is 14.4. The molecular formula is C25H30N4O4S.